The highest BCUT2D eigenvalue weighted by molar-refractivity contribution is 5.92. The van der Waals surface area contributed by atoms with Crippen molar-refractivity contribution in [3.05, 3.63) is 23.8 Å². The topological polar surface area (TPSA) is 104 Å². The molecule has 0 fully saturated rings. The van der Waals surface area contributed by atoms with Crippen LogP contribution in [0.15, 0.2) is 18.2 Å². The summed E-state index contributed by atoms with van der Waals surface area (Å²) in [7, 11) is 1.28. The number of aliphatic hydroxyl groups is 2. The van der Waals surface area contributed by atoms with Crippen molar-refractivity contribution in [3.8, 4) is 11.5 Å². The molecule has 0 unspecified atom stereocenters. The minimum absolute atomic E-state index is 0.0411. The smallest absolute Gasteiger partial charge is 0.341 e. The Morgan fingerprint density at radius 1 is 0.917 bits per heavy atom. The van der Waals surface area contributed by atoms with Crippen LogP contribution in [0.2, 0.25) is 0 Å². The van der Waals surface area contributed by atoms with Crippen molar-refractivity contribution in [2.45, 2.75) is 0 Å². The molecule has 1 aromatic carbocycles. The van der Waals surface area contributed by atoms with E-state index in [2.05, 4.69) is 0 Å². The van der Waals surface area contributed by atoms with Gasteiger partial charge in [-0.05, 0) is 18.2 Å². The van der Waals surface area contributed by atoms with E-state index < -0.39 is 5.97 Å². The molecule has 0 heterocycles. The first-order valence-electron chi connectivity index (χ1n) is 7.58. The Balaban J connectivity index is 2.59. The lowest BCUT2D eigenvalue weighted by molar-refractivity contribution is 0.0579. The van der Waals surface area contributed by atoms with Crippen LogP contribution in [0.3, 0.4) is 0 Å². The van der Waals surface area contributed by atoms with Crippen molar-refractivity contribution in [2.24, 2.45) is 0 Å². The van der Waals surface area contributed by atoms with Crippen molar-refractivity contribution in [3.63, 3.8) is 0 Å². The first-order chi connectivity index (χ1) is 11.7. The number of carbonyl (C=O) groups is 1. The van der Waals surface area contributed by atoms with E-state index in [-0.39, 0.29) is 45.2 Å². The van der Waals surface area contributed by atoms with E-state index in [1.54, 1.807) is 12.1 Å². The number of ether oxygens (including phenoxy) is 5. The lowest BCUT2D eigenvalue weighted by atomic mass is 10.2. The number of methoxy groups -OCH3 is 1. The van der Waals surface area contributed by atoms with Crippen LogP contribution in [0.25, 0.3) is 0 Å². The van der Waals surface area contributed by atoms with Crippen LogP contribution in [0.1, 0.15) is 10.4 Å². The summed E-state index contributed by atoms with van der Waals surface area (Å²) in [5.41, 5.74) is 0.244. The Morgan fingerprint density at radius 3 is 2.12 bits per heavy atom. The fraction of sp³-hybridized carbons (Fsp3) is 0.562. The summed E-state index contributed by atoms with van der Waals surface area (Å²) in [6.45, 7) is 1.54. The van der Waals surface area contributed by atoms with Crippen molar-refractivity contribution >= 4 is 5.97 Å². The molecule has 0 spiro atoms. The number of hydrogen-bond acceptors (Lipinski definition) is 8. The van der Waals surface area contributed by atoms with Gasteiger partial charge in [0, 0.05) is 0 Å². The molecule has 0 saturated carbocycles. The summed E-state index contributed by atoms with van der Waals surface area (Å²) in [6, 6.07) is 4.81. The average Bonchev–Trinajstić information content (AvgIpc) is 2.61. The molecule has 0 atom stereocenters. The van der Waals surface area contributed by atoms with Gasteiger partial charge in [-0.2, -0.15) is 0 Å². The lowest BCUT2D eigenvalue weighted by Crippen LogP contribution is -2.12. The van der Waals surface area contributed by atoms with Crippen molar-refractivity contribution < 1.29 is 38.7 Å². The van der Waals surface area contributed by atoms with E-state index in [4.69, 9.17) is 33.9 Å². The summed E-state index contributed by atoms with van der Waals surface area (Å²) < 4.78 is 25.9. The Hall–Kier alpha value is -1.87. The molecule has 0 amide bonds. The second kappa shape index (κ2) is 12.5. The minimum atomic E-state index is -0.539. The van der Waals surface area contributed by atoms with Gasteiger partial charge in [0.15, 0.2) is 0 Å². The fourth-order valence-electron chi connectivity index (χ4n) is 1.76. The molecule has 0 aromatic heterocycles. The summed E-state index contributed by atoms with van der Waals surface area (Å²) in [6.07, 6.45) is 0. The van der Waals surface area contributed by atoms with Gasteiger partial charge in [-0.15, -0.1) is 0 Å². The van der Waals surface area contributed by atoms with Crippen LogP contribution in [0, 0.1) is 0 Å². The lowest BCUT2D eigenvalue weighted by Gasteiger charge is -2.13. The number of carbonyl (C=O) groups excluding carboxylic acids is 1. The van der Waals surface area contributed by atoms with Crippen molar-refractivity contribution in [1.82, 2.24) is 0 Å². The highest BCUT2D eigenvalue weighted by Gasteiger charge is 2.14. The van der Waals surface area contributed by atoms with Crippen LogP contribution in [0.5, 0.6) is 11.5 Å². The fourth-order valence-corrected chi connectivity index (χ4v) is 1.76. The van der Waals surface area contributed by atoms with Gasteiger partial charge in [-0.1, -0.05) is 0 Å². The minimum Gasteiger partial charge on any atom is -0.491 e. The van der Waals surface area contributed by atoms with Crippen LogP contribution in [-0.4, -0.2) is 76.1 Å². The van der Waals surface area contributed by atoms with Gasteiger partial charge >= 0.3 is 5.97 Å². The Bertz CT molecular complexity index is 477. The molecule has 1 rings (SSSR count). The Labute approximate surface area is 140 Å². The van der Waals surface area contributed by atoms with E-state index in [0.29, 0.717) is 24.7 Å². The maximum atomic E-state index is 11.9. The molecule has 0 radical (unpaired) electrons. The van der Waals surface area contributed by atoms with E-state index in [9.17, 15) is 4.79 Å². The summed E-state index contributed by atoms with van der Waals surface area (Å²) in [4.78, 5) is 11.9. The Kier molecular flexibility index (Phi) is 10.5. The first kappa shape index (κ1) is 20.2. The molecular weight excluding hydrogens is 320 g/mol. The van der Waals surface area contributed by atoms with E-state index in [1.807, 2.05) is 0 Å². The van der Waals surface area contributed by atoms with Crippen molar-refractivity contribution in [1.29, 1.82) is 0 Å². The third-order valence-corrected chi connectivity index (χ3v) is 2.81. The molecule has 0 aliphatic rings. The zero-order valence-corrected chi connectivity index (χ0v) is 13.7. The third kappa shape index (κ3) is 7.60. The predicted octanol–water partition coefficient (Wildman–Crippen LogP) is 0.249. The summed E-state index contributed by atoms with van der Waals surface area (Å²) >= 11 is 0. The van der Waals surface area contributed by atoms with Gasteiger partial charge in [0.25, 0.3) is 0 Å². The SMILES string of the molecule is COC(=O)c1cc(OCCOCCO)ccc1OCCOCCO. The van der Waals surface area contributed by atoms with E-state index >= 15 is 0 Å². The average molecular weight is 344 g/mol. The highest BCUT2D eigenvalue weighted by atomic mass is 16.5. The molecule has 0 aliphatic heterocycles. The molecule has 8 heteroatoms. The largest absolute Gasteiger partial charge is 0.491 e. The monoisotopic (exact) mass is 344 g/mol. The molecule has 0 aliphatic carbocycles. The maximum Gasteiger partial charge on any atom is 0.341 e. The maximum absolute atomic E-state index is 11.9. The zero-order chi connectivity index (χ0) is 17.6. The predicted molar refractivity (Wildman–Crippen MR) is 84.6 cm³/mol. The van der Waals surface area contributed by atoms with Gasteiger partial charge in [0.2, 0.25) is 0 Å². The summed E-state index contributed by atoms with van der Waals surface area (Å²) in [5.74, 6) is 0.300. The van der Waals surface area contributed by atoms with E-state index in [1.165, 1.54) is 13.2 Å². The number of benzene rings is 1. The van der Waals surface area contributed by atoms with E-state index in [0.717, 1.165) is 0 Å². The van der Waals surface area contributed by atoms with Crippen LogP contribution in [0.4, 0.5) is 0 Å². The number of esters is 1. The van der Waals surface area contributed by atoms with Crippen LogP contribution < -0.4 is 9.47 Å². The normalized spacial score (nSPS) is 10.5. The summed E-state index contributed by atoms with van der Waals surface area (Å²) in [5, 5.41) is 17.2. The second-order valence-electron chi connectivity index (χ2n) is 4.52. The number of rotatable bonds is 13. The molecule has 2 N–H and O–H groups in total. The number of aliphatic hydroxyl groups excluding tert-OH is 2. The van der Waals surface area contributed by atoms with Crippen LogP contribution >= 0.6 is 0 Å². The van der Waals surface area contributed by atoms with Gasteiger partial charge in [0.1, 0.15) is 30.3 Å². The zero-order valence-electron chi connectivity index (χ0n) is 13.7. The van der Waals surface area contributed by atoms with Gasteiger partial charge < -0.3 is 33.9 Å². The third-order valence-electron chi connectivity index (χ3n) is 2.81. The molecule has 136 valence electrons. The molecule has 1 aromatic rings. The Morgan fingerprint density at radius 2 is 1.54 bits per heavy atom. The molecular formula is C16H24O8. The second-order valence-corrected chi connectivity index (χ2v) is 4.52. The molecule has 0 bridgehead atoms. The van der Waals surface area contributed by atoms with Crippen molar-refractivity contribution in [2.75, 3.05) is 60.0 Å². The van der Waals surface area contributed by atoms with Crippen LogP contribution in [-0.2, 0) is 14.2 Å². The van der Waals surface area contributed by atoms with Gasteiger partial charge in [0.05, 0.1) is 46.8 Å². The van der Waals surface area contributed by atoms with Gasteiger partial charge in [-0.3, -0.25) is 0 Å². The quantitative estimate of drug-likeness (QED) is 0.388. The first-order valence-corrected chi connectivity index (χ1v) is 7.58. The standard InChI is InChI=1S/C16H24O8/c1-20-16(19)14-12-13(23-10-8-21-6-4-17)2-3-15(14)24-11-9-22-7-5-18/h2-3,12,17-18H,4-11H2,1H3. The highest BCUT2D eigenvalue weighted by Crippen LogP contribution is 2.25. The molecule has 24 heavy (non-hydrogen) atoms. The number of hydrogen-bond donors (Lipinski definition) is 2. The molecule has 8 nitrogen and oxygen atoms in total. The van der Waals surface area contributed by atoms with Gasteiger partial charge in [-0.25, -0.2) is 4.79 Å². The molecule has 0 saturated heterocycles.